The van der Waals surface area contributed by atoms with Crippen LogP contribution in [-0.2, 0) is 19.6 Å². The second-order valence-corrected chi connectivity index (χ2v) is 5.20. The molecule has 9 heteroatoms. The monoisotopic (exact) mass is 291 g/mol. The van der Waals surface area contributed by atoms with Gasteiger partial charge in [0.15, 0.2) is 0 Å². The molecular weight excluding hydrogens is 276 g/mol. The molecule has 1 aromatic carbocycles. The van der Waals surface area contributed by atoms with E-state index in [1.54, 1.807) is 0 Å². The molecule has 104 valence electrons. The van der Waals surface area contributed by atoms with Gasteiger partial charge < -0.3 is 4.74 Å². The lowest BCUT2D eigenvalue weighted by Gasteiger charge is -2.15. The van der Waals surface area contributed by atoms with Gasteiger partial charge in [0.05, 0.1) is 16.9 Å². The number of nitro benzene ring substituents is 1. The van der Waals surface area contributed by atoms with Crippen LogP contribution in [0.15, 0.2) is 29.2 Å². The number of ether oxygens (including phenoxy) is 1. The van der Waals surface area contributed by atoms with E-state index < -0.39 is 39.3 Å². The molecule has 0 spiro atoms. The molecule has 0 aromatic heterocycles. The van der Waals surface area contributed by atoms with Gasteiger partial charge in [-0.05, 0) is 12.1 Å². The smallest absolute Gasteiger partial charge is 0.321 e. The number of nitrogens with zero attached hydrogens (tertiary/aromatic N) is 2. The zero-order chi connectivity index (χ0) is 17.1. The number of nitro groups is 1. The fraction of sp³-hybridized carbons (Fsp3) is 0.300. The van der Waals surface area contributed by atoms with Gasteiger partial charge >= 0.3 is 5.97 Å². The first-order chi connectivity index (χ1) is 10.00. The van der Waals surface area contributed by atoms with Crippen LogP contribution >= 0.6 is 0 Å². The number of esters is 1. The van der Waals surface area contributed by atoms with E-state index in [0.717, 1.165) is 31.4 Å². The van der Waals surface area contributed by atoms with Gasteiger partial charge in [-0.2, -0.15) is 4.31 Å². The Morgan fingerprint density at radius 1 is 1.47 bits per heavy atom. The lowest BCUT2D eigenvalue weighted by atomic mass is 10.3. The quantitative estimate of drug-likeness (QED) is 0.441. The zero-order valence-corrected chi connectivity index (χ0v) is 10.6. The van der Waals surface area contributed by atoms with Gasteiger partial charge in [-0.25, -0.2) is 8.42 Å². The summed E-state index contributed by atoms with van der Waals surface area (Å²) in [6, 6.07) is 3.62. The maximum absolute atomic E-state index is 12.3. The normalized spacial score (nSPS) is 14.3. The van der Waals surface area contributed by atoms with Gasteiger partial charge in [0.2, 0.25) is 10.0 Å². The highest BCUT2D eigenvalue weighted by atomic mass is 32.2. The highest BCUT2D eigenvalue weighted by Crippen LogP contribution is 2.18. The Bertz CT molecular complexity index is 671. The number of rotatable bonds is 5. The Balaban J connectivity index is 3.27. The Morgan fingerprint density at radius 3 is 2.47 bits per heavy atom. The van der Waals surface area contributed by atoms with Crippen molar-refractivity contribution in [2.24, 2.45) is 0 Å². The van der Waals surface area contributed by atoms with Crippen LogP contribution in [0.2, 0.25) is 0 Å². The first kappa shape index (κ1) is 10.9. The number of benzene rings is 1. The summed E-state index contributed by atoms with van der Waals surface area (Å²) in [6.07, 6.45) is 0. The van der Waals surface area contributed by atoms with Crippen molar-refractivity contribution in [3.63, 3.8) is 0 Å². The molecule has 0 unspecified atom stereocenters. The van der Waals surface area contributed by atoms with E-state index in [2.05, 4.69) is 4.74 Å². The number of hydrogen-bond acceptors (Lipinski definition) is 6. The molecule has 0 fully saturated rings. The molecule has 1 aromatic rings. The summed E-state index contributed by atoms with van der Waals surface area (Å²) in [5.74, 6) is -1.05. The van der Waals surface area contributed by atoms with Crippen molar-refractivity contribution in [1.82, 2.24) is 4.31 Å². The first-order valence-electron chi connectivity index (χ1n) is 6.34. The molecule has 8 nitrogen and oxygen atoms in total. The molecule has 0 aliphatic rings. The van der Waals surface area contributed by atoms with Crippen molar-refractivity contribution < 1.29 is 27.0 Å². The highest BCUT2D eigenvalue weighted by Gasteiger charge is 2.23. The average molecular weight is 291 g/mol. The van der Waals surface area contributed by atoms with Crippen LogP contribution in [0.4, 0.5) is 5.69 Å². The maximum atomic E-state index is 12.3. The van der Waals surface area contributed by atoms with E-state index in [9.17, 15) is 23.3 Å². The molecule has 0 amide bonds. The number of carbonyl (C=O) groups excluding carboxylic acids is 1. The summed E-state index contributed by atoms with van der Waals surface area (Å²) in [5.41, 5.74) is -0.354. The lowest BCUT2D eigenvalue weighted by Crippen LogP contribution is -2.32. The van der Waals surface area contributed by atoms with Gasteiger partial charge in [0.25, 0.3) is 5.69 Å². The molecule has 0 aliphatic carbocycles. The molecule has 1 rings (SSSR count). The molecule has 0 radical (unpaired) electrons. The summed E-state index contributed by atoms with van der Waals surface area (Å²) >= 11 is 0. The van der Waals surface area contributed by atoms with Crippen LogP contribution in [0.3, 0.4) is 0 Å². The number of sulfonamides is 1. The topological polar surface area (TPSA) is 107 Å². The predicted molar refractivity (Wildman–Crippen MR) is 64.9 cm³/mol. The van der Waals surface area contributed by atoms with Gasteiger partial charge in [0.1, 0.15) is 6.54 Å². The van der Waals surface area contributed by atoms with E-state index in [1.807, 2.05) is 0 Å². The Morgan fingerprint density at radius 2 is 2.05 bits per heavy atom. The van der Waals surface area contributed by atoms with Crippen LogP contribution in [0.25, 0.3) is 0 Å². The number of likely N-dealkylation sites (N-methyl/N-ethyl adjacent to an activating group) is 1. The minimum absolute atomic E-state index is 0.00694. The van der Waals surface area contributed by atoms with Crippen LogP contribution < -0.4 is 0 Å². The largest absolute Gasteiger partial charge is 0.468 e. The Labute approximate surface area is 114 Å². The van der Waals surface area contributed by atoms with Gasteiger partial charge in [0, 0.05) is 23.2 Å². The third-order valence-electron chi connectivity index (χ3n) is 2.14. The van der Waals surface area contributed by atoms with E-state index in [4.69, 9.17) is 4.11 Å². The minimum Gasteiger partial charge on any atom is -0.468 e. The maximum Gasteiger partial charge on any atom is 0.321 e. The second-order valence-electron chi connectivity index (χ2n) is 3.34. The fourth-order valence-electron chi connectivity index (χ4n) is 1.13. The highest BCUT2D eigenvalue weighted by molar-refractivity contribution is 7.89. The van der Waals surface area contributed by atoms with Crippen LogP contribution in [-0.4, -0.2) is 44.2 Å². The van der Waals surface area contributed by atoms with Gasteiger partial charge in [-0.1, -0.05) is 0 Å². The molecular formula is C10H12N2O6S. The van der Waals surface area contributed by atoms with E-state index in [0.29, 0.717) is 0 Å². The number of methoxy groups -OCH3 is 1. The number of carbonyl (C=O) groups is 1. The van der Waals surface area contributed by atoms with Crippen LogP contribution in [0, 0.1) is 10.1 Å². The minimum atomic E-state index is -4.56. The lowest BCUT2D eigenvalue weighted by molar-refractivity contribution is -0.384. The third-order valence-corrected chi connectivity index (χ3v) is 3.71. The summed E-state index contributed by atoms with van der Waals surface area (Å²) in [7, 11) is -3.57. The standard InChI is InChI=1S/C10H12N2O6S/c1-11(7-10(13)18-2)19(16,17)9-5-3-8(4-6-9)12(14)15/h3-6H,7H2,1-2H3/i1D3. The molecule has 0 atom stereocenters. The Kier molecular flexibility index (Phi) is 3.30. The van der Waals surface area contributed by atoms with Crippen molar-refractivity contribution in [1.29, 1.82) is 0 Å². The molecule has 0 N–H and O–H groups in total. The second kappa shape index (κ2) is 5.76. The average Bonchev–Trinajstić information content (AvgIpc) is 2.43. The summed E-state index contributed by atoms with van der Waals surface area (Å²) in [5, 5.41) is 10.5. The fourth-order valence-corrected chi connectivity index (χ4v) is 2.14. The molecule has 0 bridgehead atoms. The molecule has 0 saturated carbocycles. The molecule has 0 heterocycles. The summed E-state index contributed by atoms with van der Waals surface area (Å²) in [6.45, 7) is -4.12. The molecule has 19 heavy (non-hydrogen) atoms. The Hall–Kier alpha value is -2.00. The van der Waals surface area contributed by atoms with Crippen LogP contribution in [0.1, 0.15) is 4.11 Å². The summed E-state index contributed by atoms with van der Waals surface area (Å²) < 4.78 is 50.6. The van der Waals surface area contributed by atoms with E-state index in [1.165, 1.54) is 0 Å². The summed E-state index contributed by atoms with van der Waals surface area (Å²) in [4.78, 5) is 20.5. The molecule has 0 saturated heterocycles. The van der Waals surface area contributed by atoms with Crippen molar-refractivity contribution in [3.05, 3.63) is 34.4 Å². The predicted octanol–water partition coefficient (Wildman–Crippen LogP) is 0.388. The van der Waals surface area contributed by atoms with Gasteiger partial charge in [-0.15, -0.1) is 0 Å². The first-order valence-corrected chi connectivity index (χ1v) is 6.28. The zero-order valence-electron chi connectivity index (χ0n) is 12.8. The number of non-ortho nitro benzene ring substituents is 1. The van der Waals surface area contributed by atoms with Crippen LogP contribution in [0.5, 0.6) is 0 Å². The van der Waals surface area contributed by atoms with E-state index >= 15 is 0 Å². The van der Waals surface area contributed by atoms with Crippen molar-refractivity contribution in [3.8, 4) is 0 Å². The van der Waals surface area contributed by atoms with Crippen molar-refractivity contribution in [2.45, 2.75) is 4.90 Å². The SMILES string of the molecule is [2H]C([2H])([2H])N(CC(=O)OC)S(=O)(=O)c1ccc([N+](=O)[O-])cc1. The van der Waals surface area contributed by atoms with Gasteiger partial charge in [-0.3, -0.25) is 14.9 Å². The third kappa shape index (κ3) is 3.48. The number of hydrogen-bond donors (Lipinski definition) is 0. The van der Waals surface area contributed by atoms with E-state index in [-0.39, 0.29) is 9.99 Å². The van der Waals surface area contributed by atoms with Crippen molar-refractivity contribution in [2.75, 3.05) is 20.6 Å². The van der Waals surface area contributed by atoms with Crippen molar-refractivity contribution >= 4 is 21.7 Å². The molecule has 0 aliphatic heterocycles.